The lowest BCUT2D eigenvalue weighted by molar-refractivity contribution is 0.366. The summed E-state index contributed by atoms with van der Waals surface area (Å²) in [6.07, 6.45) is 8.15. The summed E-state index contributed by atoms with van der Waals surface area (Å²) in [7, 11) is 0. The molecule has 1 aromatic rings. The Balaban J connectivity index is 2.03. The van der Waals surface area contributed by atoms with Gasteiger partial charge in [0.1, 0.15) is 0 Å². The van der Waals surface area contributed by atoms with Crippen molar-refractivity contribution in [1.29, 1.82) is 0 Å². The van der Waals surface area contributed by atoms with Gasteiger partial charge in [-0.3, -0.25) is 0 Å². The van der Waals surface area contributed by atoms with Crippen molar-refractivity contribution in [2.24, 2.45) is 11.8 Å². The van der Waals surface area contributed by atoms with Crippen LogP contribution >= 0.6 is 0 Å². The van der Waals surface area contributed by atoms with Crippen molar-refractivity contribution in [3.8, 4) is 0 Å². The van der Waals surface area contributed by atoms with Crippen molar-refractivity contribution in [2.75, 3.05) is 13.1 Å². The summed E-state index contributed by atoms with van der Waals surface area (Å²) in [6.45, 7) is 9.16. The monoisotopic (exact) mass is 287 g/mol. The molecule has 1 N–H and O–H groups in total. The lowest BCUT2D eigenvalue weighted by Gasteiger charge is -2.26. The molecule has 1 saturated carbocycles. The molecule has 1 nitrogen and oxygen atoms in total. The van der Waals surface area contributed by atoms with Gasteiger partial charge in [0.15, 0.2) is 0 Å². The molecule has 1 aromatic carbocycles. The zero-order valence-corrected chi connectivity index (χ0v) is 14.2. The fourth-order valence-electron chi connectivity index (χ4n) is 3.63. The van der Waals surface area contributed by atoms with E-state index in [1.807, 2.05) is 0 Å². The maximum Gasteiger partial charge on any atom is -0.00146 e. The molecule has 118 valence electrons. The van der Waals surface area contributed by atoms with Crippen LogP contribution in [0.25, 0.3) is 0 Å². The fourth-order valence-corrected chi connectivity index (χ4v) is 3.63. The Morgan fingerprint density at radius 1 is 1.05 bits per heavy atom. The number of nitrogens with one attached hydrogen (secondary N) is 1. The summed E-state index contributed by atoms with van der Waals surface area (Å²) >= 11 is 0. The van der Waals surface area contributed by atoms with Crippen molar-refractivity contribution < 1.29 is 0 Å². The Kier molecular flexibility index (Phi) is 6.76. The molecule has 0 aliphatic heterocycles. The molecule has 1 heteroatoms. The molecule has 0 amide bonds. The van der Waals surface area contributed by atoms with Crippen LogP contribution in [0.1, 0.15) is 69.9 Å². The van der Waals surface area contributed by atoms with Gasteiger partial charge in [-0.1, -0.05) is 64.3 Å². The third-order valence-electron chi connectivity index (χ3n) is 4.93. The molecular formula is C20H33N. The van der Waals surface area contributed by atoms with Gasteiger partial charge in [-0.15, -0.1) is 0 Å². The molecule has 2 atom stereocenters. The molecule has 2 unspecified atom stereocenters. The number of rotatable bonds is 6. The maximum atomic E-state index is 3.70. The highest BCUT2D eigenvalue weighted by Crippen LogP contribution is 2.36. The molecule has 21 heavy (non-hydrogen) atoms. The van der Waals surface area contributed by atoms with Gasteiger partial charge in [-0.05, 0) is 61.2 Å². The van der Waals surface area contributed by atoms with Crippen molar-refractivity contribution in [3.05, 3.63) is 35.4 Å². The smallest absolute Gasteiger partial charge is 0.00146 e. The molecule has 0 bridgehead atoms. The lowest BCUT2D eigenvalue weighted by atomic mass is 9.82. The van der Waals surface area contributed by atoms with Crippen LogP contribution < -0.4 is 5.32 Å². The van der Waals surface area contributed by atoms with Crippen LogP contribution in [0.3, 0.4) is 0 Å². The number of hydrogen-bond acceptors (Lipinski definition) is 1. The highest BCUT2D eigenvalue weighted by Gasteiger charge is 2.24. The number of aryl methyl sites for hydroxylation is 1. The second-order valence-corrected chi connectivity index (χ2v) is 7.15. The first-order chi connectivity index (χ1) is 10.2. The minimum Gasteiger partial charge on any atom is -0.316 e. The summed E-state index contributed by atoms with van der Waals surface area (Å²) in [5, 5.41) is 3.70. The average Bonchev–Trinajstić information content (AvgIpc) is 2.72. The molecule has 2 rings (SSSR count). The largest absolute Gasteiger partial charge is 0.316 e. The summed E-state index contributed by atoms with van der Waals surface area (Å²) in [5.74, 6) is 2.33. The normalized spacial score (nSPS) is 23.2. The van der Waals surface area contributed by atoms with E-state index in [4.69, 9.17) is 0 Å². The van der Waals surface area contributed by atoms with Gasteiger partial charge in [0.05, 0.1) is 0 Å². The highest BCUT2D eigenvalue weighted by molar-refractivity contribution is 5.26. The minimum absolute atomic E-state index is 0.748. The predicted molar refractivity (Wildman–Crippen MR) is 92.8 cm³/mol. The zero-order valence-electron chi connectivity index (χ0n) is 14.2. The Bertz CT molecular complexity index is 393. The van der Waals surface area contributed by atoms with E-state index in [0.29, 0.717) is 0 Å². The second-order valence-electron chi connectivity index (χ2n) is 7.15. The van der Waals surface area contributed by atoms with E-state index in [-0.39, 0.29) is 0 Å². The van der Waals surface area contributed by atoms with Crippen LogP contribution in [0.5, 0.6) is 0 Å². The van der Waals surface area contributed by atoms with Crippen LogP contribution in [-0.2, 0) is 6.42 Å². The van der Waals surface area contributed by atoms with Gasteiger partial charge in [0, 0.05) is 0 Å². The Labute approximate surface area is 131 Å². The van der Waals surface area contributed by atoms with Crippen LogP contribution in [0.2, 0.25) is 0 Å². The molecule has 0 spiro atoms. The topological polar surface area (TPSA) is 12.0 Å². The van der Waals surface area contributed by atoms with E-state index in [9.17, 15) is 0 Å². The summed E-state index contributed by atoms with van der Waals surface area (Å²) in [6, 6.07) is 9.45. The van der Waals surface area contributed by atoms with Crippen molar-refractivity contribution in [1.82, 2.24) is 5.32 Å². The Hall–Kier alpha value is -0.820. The van der Waals surface area contributed by atoms with Crippen LogP contribution in [0.4, 0.5) is 0 Å². The van der Waals surface area contributed by atoms with Gasteiger partial charge in [0.25, 0.3) is 0 Å². The van der Waals surface area contributed by atoms with Gasteiger partial charge in [-0.2, -0.15) is 0 Å². The molecule has 0 radical (unpaired) electrons. The van der Waals surface area contributed by atoms with Gasteiger partial charge >= 0.3 is 0 Å². The molecule has 1 aliphatic carbocycles. The van der Waals surface area contributed by atoms with Gasteiger partial charge in [-0.25, -0.2) is 0 Å². The first kappa shape index (κ1) is 16.5. The SMILES string of the molecule is CCc1ccc(C2CCCCCC2CNCC(C)C)cc1. The van der Waals surface area contributed by atoms with Gasteiger partial charge < -0.3 is 5.32 Å². The van der Waals surface area contributed by atoms with E-state index in [2.05, 4.69) is 50.4 Å². The van der Waals surface area contributed by atoms with Crippen molar-refractivity contribution >= 4 is 0 Å². The summed E-state index contributed by atoms with van der Waals surface area (Å²) in [4.78, 5) is 0. The molecule has 0 heterocycles. The number of benzene rings is 1. The Morgan fingerprint density at radius 3 is 2.43 bits per heavy atom. The predicted octanol–water partition coefficient (Wildman–Crippen LogP) is 5.16. The van der Waals surface area contributed by atoms with Crippen molar-refractivity contribution in [2.45, 2.75) is 65.2 Å². The van der Waals surface area contributed by atoms with Crippen LogP contribution in [0.15, 0.2) is 24.3 Å². The van der Waals surface area contributed by atoms with E-state index in [1.165, 1.54) is 44.2 Å². The maximum absolute atomic E-state index is 3.70. The van der Waals surface area contributed by atoms with E-state index in [1.54, 1.807) is 5.56 Å². The summed E-state index contributed by atoms with van der Waals surface area (Å²) in [5.41, 5.74) is 3.03. The summed E-state index contributed by atoms with van der Waals surface area (Å²) < 4.78 is 0. The van der Waals surface area contributed by atoms with Crippen LogP contribution in [0, 0.1) is 11.8 Å². The average molecular weight is 287 g/mol. The van der Waals surface area contributed by atoms with E-state index >= 15 is 0 Å². The van der Waals surface area contributed by atoms with E-state index < -0.39 is 0 Å². The Morgan fingerprint density at radius 2 is 1.76 bits per heavy atom. The number of hydrogen-bond donors (Lipinski definition) is 1. The molecule has 1 fully saturated rings. The third kappa shape index (κ3) is 5.14. The molecule has 1 aliphatic rings. The standard InChI is InChI=1S/C20H33N/c1-4-17-10-12-18(13-11-17)20-9-7-5-6-8-19(20)15-21-14-16(2)3/h10-13,16,19-21H,4-9,14-15H2,1-3H3. The van der Waals surface area contributed by atoms with Gasteiger partial charge in [0.2, 0.25) is 0 Å². The zero-order chi connectivity index (χ0) is 15.1. The molecule has 0 saturated heterocycles. The minimum atomic E-state index is 0.748. The molecular weight excluding hydrogens is 254 g/mol. The molecule has 0 aromatic heterocycles. The first-order valence-corrected chi connectivity index (χ1v) is 9.00. The van der Waals surface area contributed by atoms with E-state index in [0.717, 1.165) is 30.7 Å². The third-order valence-corrected chi connectivity index (χ3v) is 4.93. The lowest BCUT2D eigenvalue weighted by Crippen LogP contribution is -2.29. The van der Waals surface area contributed by atoms with Crippen LogP contribution in [-0.4, -0.2) is 13.1 Å². The van der Waals surface area contributed by atoms with Crippen molar-refractivity contribution in [3.63, 3.8) is 0 Å². The highest BCUT2D eigenvalue weighted by atomic mass is 14.9. The fraction of sp³-hybridized carbons (Fsp3) is 0.700. The first-order valence-electron chi connectivity index (χ1n) is 9.00. The second kappa shape index (κ2) is 8.58. The quantitative estimate of drug-likeness (QED) is 0.713.